The molecule has 1 aliphatic carbocycles. The molecule has 120 valence electrons. The molecule has 1 aromatic rings. The highest BCUT2D eigenvalue weighted by Crippen LogP contribution is 2.56. The molecule has 23 heavy (non-hydrogen) atoms. The minimum absolute atomic E-state index is 0.0308. The number of cyclic esters (lactones) is 1. The summed E-state index contributed by atoms with van der Waals surface area (Å²) in [6, 6.07) is 10.1. The van der Waals surface area contributed by atoms with Crippen LogP contribution in [0.2, 0.25) is 0 Å². The molecule has 1 amide bonds. The van der Waals surface area contributed by atoms with Crippen molar-refractivity contribution in [3.63, 3.8) is 0 Å². The van der Waals surface area contributed by atoms with Gasteiger partial charge in [-0.3, -0.25) is 9.59 Å². The lowest BCUT2D eigenvalue weighted by atomic mass is 9.58. The quantitative estimate of drug-likeness (QED) is 0.517. The van der Waals surface area contributed by atoms with Crippen LogP contribution in [0.4, 0.5) is 0 Å². The Hall–Kier alpha value is -2.10. The van der Waals surface area contributed by atoms with E-state index in [2.05, 4.69) is 37.4 Å². The summed E-state index contributed by atoms with van der Waals surface area (Å²) in [6.07, 6.45) is 2.83. The van der Waals surface area contributed by atoms with Gasteiger partial charge in [-0.2, -0.15) is 0 Å². The molecular formula is C19H21NO3. The smallest absolute Gasteiger partial charge is 0.322 e. The van der Waals surface area contributed by atoms with Gasteiger partial charge in [0.1, 0.15) is 0 Å². The maximum atomic E-state index is 12.8. The van der Waals surface area contributed by atoms with Crippen LogP contribution in [0.5, 0.6) is 0 Å². The first-order chi connectivity index (χ1) is 11.0. The van der Waals surface area contributed by atoms with E-state index in [-0.39, 0.29) is 35.7 Å². The summed E-state index contributed by atoms with van der Waals surface area (Å²) in [7, 11) is 0. The fourth-order valence-electron chi connectivity index (χ4n) is 4.78. The summed E-state index contributed by atoms with van der Waals surface area (Å²) in [5.41, 5.74) is 1.42. The highest BCUT2D eigenvalue weighted by atomic mass is 16.5. The minimum atomic E-state index is -1.02. The van der Waals surface area contributed by atoms with Crippen molar-refractivity contribution >= 4 is 11.9 Å². The Kier molecular flexibility index (Phi) is 3.12. The average Bonchev–Trinajstić information content (AvgIpc) is 3.01. The molecular weight excluding hydrogens is 290 g/mol. The molecule has 0 aromatic heterocycles. The van der Waals surface area contributed by atoms with Gasteiger partial charge >= 0.3 is 5.97 Å². The second kappa shape index (κ2) is 4.95. The molecule has 2 aliphatic heterocycles. The highest BCUT2D eigenvalue weighted by molar-refractivity contribution is 6.07. The van der Waals surface area contributed by atoms with E-state index in [4.69, 9.17) is 4.74 Å². The molecule has 1 aromatic carbocycles. The van der Waals surface area contributed by atoms with Crippen molar-refractivity contribution < 1.29 is 14.3 Å². The first kappa shape index (κ1) is 14.5. The third-order valence-corrected chi connectivity index (χ3v) is 5.99. The van der Waals surface area contributed by atoms with Gasteiger partial charge in [-0.25, -0.2) is 0 Å². The summed E-state index contributed by atoms with van der Waals surface area (Å²) in [4.78, 5) is 25.4. The zero-order valence-corrected chi connectivity index (χ0v) is 13.4. The number of ether oxygens (including phenoxy) is 1. The van der Waals surface area contributed by atoms with Gasteiger partial charge in [0.25, 0.3) is 0 Å². The first-order valence-corrected chi connectivity index (χ1v) is 8.25. The maximum absolute atomic E-state index is 12.8. The molecule has 2 saturated heterocycles. The number of hydrogen-bond acceptors (Lipinski definition) is 3. The van der Waals surface area contributed by atoms with Crippen LogP contribution in [0.3, 0.4) is 0 Å². The lowest BCUT2D eigenvalue weighted by molar-refractivity contribution is -0.154. The Bertz CT molecular complexity index is 696. The number of benzene rings is 1. The van der Waals surface area contributed by atoms with Crippen LogP contribution in [0, 0.1) is 23.2 Å². The molecule has 1 spiro atoms. The highest BCUT2D eigenvalue weighted by Gasteiger charge is 2.69. The summed E-state index contributed by atoms with van der Waals surface area (Å²) in [5, 5.41) is 3.11. The van der Waals surface area contributed by atoms with Crippen LogP contribution in [0.1, 0.15) is 19.4 Å². The largest absolute Gasteiger partial charge is 0.464 e. The van der Waals surface area contributed by atoms with E-state index in [9.17, 15) is 9.59 Å². The average molecular weight is 311 g/mol. The Morgan fingerprint density at radius 2 is 2.00 bits per heavy atom. The van der Waals surface area contributed by atoms with E-state index < -0.39 is 5.41 Å². The number of rotatable bonds is 2. The van der Waals surface area contributed by atoms with Gasteiger partial charge in [-0.1, -0.05) is 48.9 Å². The number of carbonyl (C=O) groups is 2. The Balaban J connectivity index is 1.76. The van der Waals surface area contributed by atoms with Crippen LogP contribution in [0.15, 0.2) is 42.0 Å². The fourth-order valence-corrected chi connectivity index (χ4v) is 4.78. The number of amides is 1. The standard InChI is InChI=1S/C19H21NO3/c1-11-8-14-10-23-18(22)19(14)16(12(11)2)15(20-17(19)21)9-13-6-4-3-5-7-13/h3-8,12,14-16H,9-10H2,1-2H3,(H,20,21)/t12-,14-,15+,16+,19+/m1/s1. The van der Waals surface area contributed by atoms with Crippen molar-refractivity contribution in [3.05, 3.63) is 47.5 Å². The molecule has 1 N–H and O–H groups in total. The SMILES string of the molecule is CC1=C[C@@H]2COC(=O)[C@@]23C(=O)N[C@@H](Cc2ccccc2)[C@@H]3[C@@H]1C. The van der Waals surface area contributed by atoms with Gasteiger partial charge in [-0.15, -0.1) is 0 Å². The van der Waals surface area contributed by atoms with Crippen molar-refractivity contribution in [1.29, 1.82) is 0 Å². The molecule has 4 heteroatoms. The first-order valence-electron chi connectivity index (χ1n) is 8.25. The second-order valence-corrected chi connectivity index (χ2v) is 7.07. The van der Waals surface area contributed by atoms with E-state index in [0.717, 1.165) is 6.42 Å². The third-order valence-electron chi connectivity index (χ3n) is 5.99. The van der Waals surface area contributed by atoms with Gasteiger partial charge in [0.15, 0.2) is 5.41 Å². The lowest BCUT2D eigenvalue weighted by Gasteiger charge is -2.39. The normalized spacial score (nSPS) is 38.4. The van der Waals surface area contributed by atoms with Gasteiger partial charge in [0.05, 0.1) is 6.61 Å². The predicted molar refractivity (Wildman–Crippen MR) is 85.4 cm³/mol. The molecule has 4 nitrogen and oxygen atoms in total. The van der Waals surface area contributed by atoms with Crippen LogP contribution >= 0.6 is 0 Å². The third kappa shape index (κ3) is 1.84. The van der Waals surface area contributed by atoms with Crippen molar-refractivity contribution in [2.45, 2.75) is 26.3 Å². The van der Waals surface area contributed by atoms with Crippen molar-refractivity contribution in [1.82, 2.24) is 5.32 Å². The molecule has 2 heterocycles. The van der Waals surface area contributed by atoms with Gasteiger partial charge < -0.3 is 10.1 Å². The molecule has 0 radical (unpaired) electrons. The van der Waals surface area contributed by atoms with Crippen molar-refractivity contribution in [2.75, 3.05) is 6.61 Å². The van der Waals surface area contributed by atoms with E-state index >= 15 is 0 Å². The van der Waals surface area contributed by atoms with Crippen LogP contribution in [0.25, 0.3) is 0 Å². The van der Waals surface area contributed by atoms with E-state index in [1.54, 1.807) is 0 Å². The van der Waals surface area contributed by atoms with E-state index in [0.29, 0.717) is 6.61 Å². The molecule has 0 saturated carbocycles. The lowest BCUT2D eigenvalue weighted by Crippen LogP contribution is -2.49. The van der Waals surface area contributed by atoms with E-state index in [1.165, 1.54) is 11.1 Å². The number of hydrogen-bond donors (Lipinski definition) is 1. The minimum Gasteiger partial charge on any atom is -0.464 e. The van der Waals surface area contributed by atoms with E-state index in [1.807, 2.05) is 18.2 Å². The van der Waals surface area contributed by atoms with Crippen molar-refractivity contribution in [2.24, 2.45) is 23.2 Å². The summed E-state index contributed by atoms with van der Waals surface area (Å²) < 4.78 is 5.33. The second-order valence-electron chi connectivity index (χ2n) is 7.07. The predicted octanol–water partition coefficient (Wildman–Crippen LogP) is 2.10. The fraction of sp³-hybridized carbons (Fsp3) is 0.474. The van der Waals surface area contributed by atoms with Gasteiger partial charge in [0.2, 0.25) is 5.91 Å². The monoisotopic (exact) mass is 311 g/mol. The summed E-state index contributed by atoms with van der Waals surface area (Å²) in [5.74, 6) is -0.468. The summed E-state index contributed by atoms with van der Waals surface area (Å²) in [6.45, 7) is 4.54. The molecule has 0 unspecified atom stereocenters. The molecule has 3 aliphatic rings. The van der Waals surface area contributed by atoms with Crippen LogP contribution < -0.4 is 5.32 Å². The molecule has 4 rings (SSSR count). The maximum Gasteiger partial charge on any atom is 0.322 e. The molecule has 5 atom stereocenters. The molecule has 0 bridgehead atoms. The number of allylic oxidation sites excluding steroid dienone is 1. The van der Waals surface area contributed by atoms with Crippen LogP contribution in [-0.4, -0.2) is 24.5 Å². The molecule has 2 fully saturated rings. The van der Waals surface area contributed by atoms with Crippen LogP contribution in [-0.2, 0) is 20.7 Å². The Morgan fingerprint density at radius 3 is 2.74 bits per heavy atom. The van der Waals surface area contributed by atoms with Gasteiger partial charge in [-0.05, 0) is 24.8 Å². The topological polar surface area (TPSA) is 55.4 Å². The number of carbonyl (C=O) groups excluding carboxylic acids is 2. The van der Waals surface area contributed by atoms with Crippen molar-refractivity contribution in [3.8, 4) is 0 Å². The Labute approximate surface area is 135 Å². The zero-order chi connectivity index (χ0) is 16.2. The number of esters is 1. The Morgan fingerprint density at radius 1 is 1.26 bits per heavy atom. The summed E-state index contributed by atoms with van der Waals surface area (Å²) >= 11 is 0. The zero-order valence-electron chi connectivity index (χ0n) is 13.4. The number of nitrogens with one attached hydrogen (secondary N) is 1. The van der Waals surface area contributed by atoms with Gasteiger partial charge in [0, 0.05) is 17.9 Å².